The highest BCUT2D eigenvalue weighted by atomic mass is 79.9. The first-order valence-corrected chi connectivity index (χ1v) is 9.07. The lowest BCUT2D eigenvalue weighted by Crippen LogP contribution is -2.27. The molecule has 1 saturated carbocycles. The Bertz CT molecular complexity index is 773. The maximum Gasteiger partial charge on any atom is 0.277 e. The molecule has 1 fully saturated rings. The number of hydrogen-bond acceptors (Lipinski definition) is 3. The minimum absolute atomic E-state index is 0.0523. The molecule has 0 aliphatic heterocycles. The summed E-state index contributed by atoms with van der Waals surface area (Å²) in [5.41, 5.74) is 3.69. The molecule has 1 aliphatic rings. The minimum Gasteiger partial charge on any atom is -0.483 e. The zero-order valence-electron chi connectivity index (χ0n) is 13.7. The summed E-state index contributed by atoms with van der Waals surface area (Å²) in [7, 11) is 0. The van der Waals surface area contributed by atoms with Crippen LogP contribution in [0.1, 0.15) is 32.6 Å². The van der Waals surface area contributed by atoms with Crippen molar-refractivity contribution in [2.45, 2.75) is 32.6 Å². The molecule has 0 saturated heterocycles. The maximum atomic E-state index is 12.0. The minimum atomic E-state index is -0.235. The largest absolute Gasteiger partial charge is 0.483 e. The van der Waals surface area contributed by atoms with E-state index in [-0.39, 0.29) is 12.5 Å². The number of ether oxygens (including phenoxy) is 1. The quantitative estimate of drug-likeness (QED) is 0.773. The zero-order chi connectivity index (χ0) is 16.9. The molecule has 0 spiro atoms. The second kappa shape index (κ2) is 7.79. The molecule has 4 nitrogen and oxygen atoms in total. The summed E-state index contributed by atoms with van der Waals surface area (Å²) in [5.74, 6) is 1.07. The van der Waals surface area contributed by atoms with E-state index < -0.39 is 0 Å². The van der Waals surface area contributed by atoms with Crippen molar-refractivity contribution in [1.82, 2.24) is 5.43 Å². The smallest absolute Gasteiger partial charge is 0.277 e. The number of nitrogens with zero attached hydrogens (tertiary/aromatic N) is 1. The average molecular weight is 389 g/mol. The van der Waals surface area contributed by atoms with E-state index in [2.05, 4.69) is 33.4 Å². The van der Waals surface area contributed by atoms with Crippen molar-refractivity contribution < 1.29 is 9.53 Å². The molecular weight excluding hydrogens is 368 g/mol. The first-order chi connectivity index (χ1) is 11.6. The maximum absolute atomic E-state index is 12.0. The summed E-state index contributed by atoms with van der Waals surface area (Å²) in [4.78, 5) is 12.0. The van der Waals surface area contributed by atoms with Crippen LogP contribution in [-0.4, -0.2) is 18.2 Å². The highest BCUT2D eigenvalue weighted by Gasteiger charge is 2.14. The number of nitrogens with one attached hydrogen (secondary N) is 1. The van der Waals surface area contributed by atoms with Gasteiger partial charge >= 0.3 is 0 Å². The molecule has 1 aliphatic carbocycles. The molecule has 24 heavy (non-hydrogen) atoms. The first kappa shape index (κ1) is 17.0. The summed E-state index contributed by atoms with van der Waals surface area (Å²) < 4.78 is 6.50. The monoisotopic (exact) mass is 388 g/mol. The highest BCUT2D eigenvalue weighted by Crippen LogP contribution is 2.32. The number of hydrazone groups is 1. The lowest BCUT2D eigenvalue weighted by atomic mass is 9.89. The molecule has 0 aromatic heterocycles. The van der Waals surface area contributed by atoms with Crippen LogP contribution in [0, 0.1) is 5.92 Å². The van der Waals surface area contributed by atoms with Crippen LogP contribution in [0.15, 0.2) is 46.0 Å². The van der Waals surface area contributed by atoms with Crippen LogP contribution in [0.3, 0.4) is 0 Å². The fourth-order valence-corrected chi connectivity index (χ4v) is 3.61. The average Bonchev–Trinajstić information content (AvgIpc) is 2.60. The van der Waals surface area contributed by atoms with Gasteiger partial charge in [-0.2, -0.15) is 5.10 Å². The van der Waals surface area contributed by atoms with Gasteiger partial charge in [-0.15, -0.1) is 0 Å². The van der Waals surface area contributed by atoms with Gasteiger partial charge < -0.3 is 4.74 Å². The molecular formula is C19H21BrN2O2. The van der Waals surface area contributed by atoms with Crippen molar-refractivity contribution >= 4 is 38.3 Å². The van der Waals surface area contributed by atoms with Gasteiger partial charge in [-0.25, -0.2) is 5.43 Å². The predicted octanol–water partition coefficient (Wildman–Crippen LogP) is 4.66. The SMILES string of the molecule is C[C@H]1CCC/C(=N/NC(=O)COc2ccc3ccccc3c2Br)C1. The van der Waals surface area contributed by atoms with Gasteiger partial charge in [-0.1, -0.05) is 37.3 Å². The third-order valence-corrected chi connectivity index (χ3v) is 5.09. The van der Waals surface area contributed by atoms with E-state index in [1.807, 2.05) is 36.4 Å². The molecule has 5 heteroatoms. The lowest BCUT2D eigenvalue weighted by Gasteiger charge is -2.19. The molecule has 2 aromatic rings. The van der Waals surface area contributed by atoms with Gasteiger partial charge in [0.1, 0.15) is 5.75 Å². The van der Waals surface area contributed by atoms with E-state index in [9.17, 15) is 4.79 Å². The van der Waals surface area contributed by atoms with Crippen LogP contribution >= 0.6 is 15.9 Å². The third kappa shape index (κ3) is 4.15. The van der Waals surface area contributed by atoms with E-state index in [1.54, 1.807) is 0 Å². The Balaban J connectivity index is 1.58. The summed E-state index contributed by atoms with van der Waals surface area (Å²) in [6.45, 7) is 2.17. The Morgan fingerprint density at radius 1 is 1.33 bits per heavy atom. The number of benzene rings is 2. The van der Waals surface area contributed by atoms with Gasteiger partial charge in [0.2, 0.25) is 0 Å². The van der Waals surface area contributed by atoms with Gasteiger partial charge in [0, 0.05) is 5.71 Å². The van der Waals surface area contributed by atoms with Crippen LogP contribution in [0.5, 0.6) is 5.75 Å². The molecule has 3 rings (SSSR count). The topological polar surface area (TPSA) is 50.7 Å². The molecule has 0 radical (unpaired) electrons. The Labute approximate surface area is 150 Å². The van der Waals surface area contributed by atoms with E-state index in [1.165, 1.54) is 6.42 Å². The number of carbonyl (C=O) groups excluding carboxylic acids is 1. The summed E-state index contributed by atoms with van der Waals surface area (Å²) in [6, 6.07) is 11.9. The first-order valence-electron chi connectivity index (χ1n) is 8.28. The van der Waals surface area contributed by atoms with Crippen molar-refractivity contribution in [3.63, 3.8) is 0 Å². The van der Waals surface area contributed by atoms with Crippen molar-refractivity contribution in [2.75, 3.05) is 6.61 Å². The fourth-order valence-electron chi connectivity index (χ4n) is 3.00. The molecule has 126 valence electrons. The van der Waals surface area contributed by atoms with Crippen LogP contribution in [0.2, 0.25) is 0 Å². The fraction of sp³-hybridized carbons (Fsp3) is 0.368. The number of amides is 1. The molecule has 1 atom stereocenters. The number of rotatable bonds is 4. The van der Waals surface area contributed by atoms with Crippen molar-refractivity contribution in [3.05, 3.63) is 40.9 Å². The molecule has 1 N–H and O–H groups in total. The van der Waals surface area contributed by atoms with Crippen molar-refractivity contribution in [1.29, 1.82) is 0 Å². The Kier molecular flexibility index (Phi) is 5.51. The second-order valence-corrected chi connectivity index (χ2v) is 7.10. The van der Waals surface area contributed by atoms with Gasteiger partial charge in [0.05, 0.1) is 4.47 Å². The van der Waals surface area contributed by atoms with Crippen LogP contribution < -0.4 is 10.2 Å². The lowest BCUT2D eigenvalue weighted by molar-refractivity contribution is -0.123. The number of hydrogen-bond donors (Lipinski definition) is 1. The number of fused-ring (bicyclic) bond motifs is 1. The van der Waals surface area contributed by atoms with E-state index in [4.69, 9.17) is 4.74 Å². The third-order valence-electron chi connectivity index (χ3n) is 4.27. The van der Waals surface area contributed by atoms with Crippen molar-refractivity contribution in [3.8, 4) is 5.75 Å². The standard InChI is InChI=1S/C19H21BrN2O2/c1-13-5-4-7-15(11-13)21-22-18(23)12-24-17-10-9-14-6-2-3-8-16(14)19(17)20/h2-3,6,8-10,13H,4-5,7,11-12H2,1H3,(H,22,23)/b21-15-/t13-/m0/s1. The summed E-state index contributed by atoms with van der Waals surface area (Å²) >= 11 is 3.56. The van der Waals surface area contributed by atoms with E-state index in [0.717, 1.165) is 40.2 Å². The van der Waals surface area contributed by atoms with Crippen LogP contribution in [0.4, 0.5) is 0 Å². The van der Waals surface area contributed by atoms with Gasteiger partial charge in [0.15, 0.2) is 6.61 Å². The highest BCUT2D eigenvalue weighted by molar-refractivity contribution is 9.10. The Morgan fingerprint density at radius 3 is 3.00 bits per heavy atom. The Hall–Kier alpha value is -1.88. The molecule has 0 bridgehead atoms. The molecule has 0 heterocycles. The zero-order valence-corrected chi connectivity index (χ0v) is 15.3. The van der Waals surface area contributed by atoms with Crippen LogP contribution in [0.25, 0.3) is 10.8 Å². The number of halogens is 1. The second-order valence-electron chi connectivity index (χ2n) is 6.30. The molecule has 0 unspecified atom stereocenters. The van der Waals surface area contributed by atoms with Crippen LogP contribution in [-0.2, 0) is 4.79 Å². The summed E-state index contributed by atoms with van der Waals surface area (Å²) in [5, 5.41) is 6.43. The normalized spacial score (nSPS) is 19.4. The Morgan fingerprint density at radius 2 is 2.17 bits per heavy atom. The summed E-state index contributed by atoms with van der Waals surface area (Å²) in [6.07, 6.45) is 4.33. The van der Waals surface area contributed by atoms with Crippen molar-refractivity contribution in [2.24, 2.45) is 11.0 Å². The van der Waals surface area contributed by atoms with E-state index in [0.29, 0.717) is 11.7 Å². The number of carbonyl (C=O) groups is 1. The molecule has 2 aromatic carbocycles. The molecule has 1 amide bonds. The van der Waals surface area contributed by atoms with Gasteiger partial charge in [-0.05, 0) is 64.4 Å². The van der Waals surface area contributed by atoms with Gasteiger partial charge in [0.25, 0.3) is 5.91 Å². The van der Waals surface area contributed by atoms with Gasteiger partial charge in [-0.3, -0.25) is 4.79 Å². The van der Waals surface area contributed by atoms with E-state index >= 15 is 0 Å². The predicted molar refractivity (Wildman–Crippen MR) is 100 cm³/mol.